The number of hydrogen-bond acceptors (Lipinski definition) is 5. The van der Waals surface area contributed by atoms with Crippen LogP contribution in [0.15, 0.2) is 9.81 Å². The number of carbonyl (C=O) groups excluding carboxylic acids is 2. The first kappa shape index (κ1) is 15.6. The highest BCUT2D eigenvalue weighted by Gasteiger charge is 2.21. The Morgan fingerprint density at radius 2 is 1.56 bits per heavy atom. The van der Waals surface area contributed by atoms with Gasteiger partial charge in [0.2, 0.25) is 0 Å². The fraction of sp³-hybridized carbons (Fsp3) is 0.636. The number of hydrogen-bond donors (Lipinski definition) is 0. The van der Waals surface area contributed by atoms with Crippen LogP contribution in [0.4, 0.5) is 0 Å². The summed E-state index contributed by atoms with van der Waals surface area (Å²) >= 11 is 3.03. The third-order valence-electron chi connectivity index (χ3n) is 1.59. The number of ether oxygens (including phenoxy) is 1. The third-order valence-corrected chi connectivity index (χ3v) is 3.80. The van der Waals surface area contributed by atoms with E-state index in [0.29, 0.717) is 0 Å². The van der Waals surface area contributed by atoms with E-state index in [2.05, 4.69) is 0 Å². The normalized spacial score (nSPS) is 9.75. The topological polar surface area (TPSA) is 43.4 Å². The molecule has 0 rings (SSSR count). The van der Waals surface area contributed by atoms with Gasteiger partial charge in [-0.2, -0.15) is 0 Å². The van der Waals surface area contributed by atoms with E-state index in [9.17, 15) is 9.59 Å². The minimum atomic E-state index is -0.507. The van der Waals surface area contributed by atoms with Gasteiger partial charge in [-0.05, 0) is 25.4 Å². The number of esters is 1. The Kier molecular flexibility index (Phi) is 8.47. The predicted octanol–water partition coefficient (Wildman–Crippen LogP) is 2.86. The van der Waals surface area contributed by atoms with E-state index in [4.69, 9.17) is 4.74 Å². The predicted molar refractivity (Wildman–Crippen MR) is 70.6 cm³/mol. The second-order valence-electron chi connectivity index (χ2n) is 2.81. The molecule has 0 aliphatic rings. The Labute approximate surface area is 105 Å². The van der Waals surface area contributed by atoms with Gasteiger partial charge in [0.1, 0.15) is 5.57 Å². The summed E-state index contributed by atoms with van der Waals surface area (Å²) in [5.41, 5.74) is 0.195. The SMILES string of the molecule is CCOC(=O)C(C(C)=O)=C(SCC)SCC. The van der Waals surface area contributed by atoms with Crippen molar-refractivity contribution in [2.24, 2.45) is 0 Å². The van der Waals surface area contributed by atoms with Gasteiger partial charge in [0, 0.05) is 0 Å². The van der Waals surface area contributed by atoms with Gasteiger partial charge in [0.05, 0.1) is 10.8 Å². The third kappa shape index (κ3) is 5.07. The van der Waals surface area contributed by atoms with Crippen molar-refractivity contribution in [1.82, 2.24) is 0 Å². The molecule has 0 spiro atoms. The van der Waals surface area contributed by atoms with Crippen molar-refractivity contribution >= 4 is 35.3 Å². The van der Waals surface area contributed by atoms with Crippen molar-refractivity contribution in [3.63, 3.8) is 0 Å². The lowest BCUT2D eigenvalue weighted by molar-refractivity contribution is -0.139. The Morgan fingerprint density at radius 1 is 1.06 bits per heavy atom. The van der Waals surface area contributed by atoms with Crippen molar-refractivity contribution in [1.29, 1.82) is 0 Å². The lowest BCUT2D eigenvalue weighted by Gasteiger charge is -2.10. The van der Waals surface area contributed by atoms with Crippen LogP contribution in [0, 0.1) is 0 Å². The molecule has 92 valence electrons. The van der Waals surface area contributed by atoms with Crippen LogP contribution in [0.25, 0.3) is 0 Å². The van der Waals surface area contributed by atoms with Gasteiger partial charge < -0.3 is 4.74 Å². The van der Waals surface area contributed by atoms with E-state index < -0.39 is 5.97 Å². The van der Waals surface area contributed by atoms with Crippen molar-refractivity contribution in [2.45, 2.75) is 27.7 Å². The van der Waals surface area contributed by atoms with Crippen LogP contribution < -0.4 is 0 Å². The van der Waals surface area contributed by atoms with Crippen molar-refractivity contribution < 1.29 is 14.3 Å². The molecule has 5 heteroatoms. The molecule has 0 aromatic carbocycles. The summed E-state index contributed by atoms with van der Waals surface area (Å²) in [6.45, 7) is 7.40. The fourth-order valence-corrected chi connectivity index (χ4v) is 3.33. The van der Waals surface area contributed by atoms with E-state index in [0.717, 1.165) is 15.7 Å². The maximum atomic E-state index is 11.6. The molecule has 0 saturated heterocycles. The number of ketones is 1. The highest BCUT2D eigenvalue weighted by molar-refractivity contribution is 8.22. The molecule has 0 aliphatic carbocycles. The standard InChI is InChI=1S/C11H18O3S2/c1-5-14-10(13)9(8(4)12)11(15-6-2)16-7-3/h5-7H2,1-4H3. The average molecular weight is 262 g/mol. The molecule has 0 amide bonds. The Hall–Kier alpha value is -0.420. The van der Waals surface area contributed by atoms with Crippen LogP contribution in [0.5, 0.6) is 0 Å². The van der Waals surface area contributed by atoms with E-state index in [1.54, 1.807) is 6.92 Å². The van der Waals surface area contributed by atoms with Crippen LogP contribution in [-0.2, 0) is 14.3 Å². The molecule has 0 bridgehead atoms. The van der Waals surface area contributed by atoms with Gasteiger partial charge in [-0.1, -0.05) is 13.8 Å². The van der Waals surface area contributed by atoms with Crippen LogP contribution in [-0.4, -0.2) is 29.9 Å². The van der Waals surface area contributed by atoms with Gasteiger partial charge in [-0.15, -0.1) is 23.5 Å². The smallest absolute Gasteiger partial charge is 0.343 e. The molecule has 0 aromatic rings. The van der Waals surface area contributed by atoms with E-state index in [1.165, 1.54) is 30.4 Å². The first-order valence-electron chi connectivity index (χ1n) is 5.26. The molecule has 0 N–H and O–H groups in total. The van der Waals surface area contributed by atoms with Crippen LogP contribution in [0.1, 0.15) is 27.7 Å². The van der Waals surface area contributed by atoms with Gasteiger partial charge in [-0.3, -0.25) is 4.79 Å². The molecule has 0 aromatic heterocycles. The second kappa shape index (κ2) is 8.70. The summed E-state index contributed by atoms with van der Waals surface area (Å²) in [4.78, 5) is 23.1. The molecule has 3 nitrogen and oxygen atoms in total. The minimum Gasteiger partial charge on any atom is -0.462 e. The van der Waals surface area contributed by atoms with Crippen LogP contribution in [0.3, 0.4) is 0 Å². The molecule has 0 aliphatic heterocycles. The lowest BCUT2D eigenvalue weighted by Crippen LogP contribution is -2.15. The zero-order valence-corrected chi connectivity index (χ0v) is 11.8. The number of carbonyl (C=O) groups is 2. The summed E-state index contributed by atoms with van der Waals surface area (Å²) in [7, 11) is 0. The second-order valence-corrected chi connectivity index (χ2v) is 5.61. The molecule has 0 atom stereocenters. The fourth-order valence-electron chi connectivity index (χ4n) is 1.02. The van der Waals surface area contributed by atoms with Crippen LogP contribution >= 0.6 is 23.5 Å². The summed E-state index contributed by atoms with van der Waals surface area (Å²) in [6, 6.07) is 0. The summed E-state index contributed by atoms with van der Waals surface area (Å²) in [6.07, 6.45) is 0. The highest BCUT2D eigenvalue weighted by Crippen LogP contribution is 2.32. The quantitative estimate of drug-likeness (QED) is 0.305. The zero-order chi connectivity index (χ0) is 12.6. The molecule has 0 saturated carbocycles. The first-order chi connectivity index (χ1) is 7.58. The lowest BCUT2D eigenvalue weighted by atomic mass is 10.2. The van der Waals surface area contributed by atoms with E-state index in [-0.39, 0.29) is 18.0 Å². The summed E-state index contributed by atoms with van der Waals surface area (Å²) < 4.78 is 5.67. The van der Waals surface area contributed by atoms with Crippen molar-refractivity contribution in [3.8, 4) is 0 Å². The number of rotatable bonds is 7. The molecule has 0 heterocycles. The van der Waals surface area contributed by atoms with Crippen LogP contribution in [0.2, 0.25) is 0 Å². The molecule has 0 unspecified atom stereocenters. The van der Waals surface area contributed by atoms with E-state index >= 15 is 0 Å². The molecular weight excluding hydrogens is 244 g/mol. The van der Waals surface area contributed by atoms with Gasteiger partial charge >= 0.3 is 5.97 Å². The number of thioether (sulfide) groups is 2. The number of Topliss-reactive ketones (excluding diaryl/α,β-unsaturated/α-hetero) is 1. The van der Waals surface area contributed by atoms with Crippen molar-refractivity contribution in [2.75, 3.05) is 18.1 Å². The molecule has 0 radical (unpaired) electrons. The minimum absolute atomic E-state index is 0.195. The maximum Gasteiger partial charge on any atom is 0.343 e. The van der Waals surface area contributed by atoms with Gasteiger partial charge in [-0.25, -0.2) is 4.79 Å². The Morgan fingerprint density at radius 3 is 1.88 bits per heavy atom. The Bertz CT molecular complexity index is 277. The van der Waals surface area contributed by atoms with E-state index in [1.807, 2.05) is 13.8 Å². The van der Waals surface area contributed by atoms with Gasteiger partial charge in [0.25, 0.3) is 0 Å². The first-order valence-corrected chi connectivity index (χ1v) is 7.23. The van der Waals surface area contributed by atoms with Crippen molar-refractivity contribution in [3.05, 3.63) is 9.81 Å². The highest BCUT2D eigenvalue weighted by atomic mass is 32.2. The summed E-state index contributed by atoms with van der Waals surface area (Å²) in [5, 5.41) is 0. The average Bonchev–Trinajstić information content (AvgIpc) is 2.18. The Balaban J connectivity index is 5.12. The maximum absolute atomic E-state index is 11.6. The molecule has 16 heavy (non-hydrogen) atoms. The summed E-state index contributed by atoms with van der Waals surface area (Å²) in [5.74, 6) is 0.930. The zero-order valence-electron chi connectivity index (χ0n) is 10.2. The van der Waals surface area contributed by atoms with Gasteiger partial charge in [0.15, 0.2) is 5.78 Å². The monoisotopic (exact) mass is 262 g/mol. The largest absolute Gasteiger partial charge is 0.462 e. The molecular formula is C11H18O3S2. The molecule has 0 fully saturated rings.